The molecule has 0 aliphatic heterocycles. The third-order valence-corrected chi connectivity index (χ3v) is 4.76. The molecule has 0 atom stereocenters. The summed E-state index contributed by atoms with van der Waals surface area (Å²) in [5.74, 6) is 0.762. The molecule has 0 unspecified atom stereocenters. The van der Waals surface area contributed by atoms with Gasteiger partial charge in [0.1, 0.15) is 16.8 Å². The molecule has 1 aromatic heterocycles. The molecule has 0 saturated carbocycles. The highest BCUT2D eigenvalue weighted by atomic mass is 79.9. The second-order valence-corrected chi connectivity index (χ2v) is 6.78. The minimum Gasteiger partial charge on any atom is -0.492 e. The Labute approximate surface area is 144 Å². The molecule has 108 valence electrons. The molecule has 0 aliphatic carbocycles. The first-order valence-corrected chi connectivity index (χ1v) is 8.67. The van der Waals surface area contributed by atoms with Crippen LogP contribution in [0.3, 0.4) is 0 Å². The van der Waals surface area contributed by atoms with Crippen molar-refractivity contribution in [1.29, 1.82) is 5.26 Å². The monoisotopic (exact) mass is 426 g/mol. The van der Waals surface area contributed by atoms with Crippen LogP contribution in [-0.4, -0.2) is 11.6 Å². The van der Waals surface area contributed by atoms with E-state index in [4.69, 9.17) is 4.74 Å². The smallest absolute Gasteiger partial charge is 0.147 e. The van der Waals surface area contributed by atoms with E-state index in [1.54, 1.807) is 0 Å². The number of hydrogen-bond donors (Lipinski definition) is 0. The van der Waals surface area contributed by atoms with E-state index in [1.165, 1.54) is 11.3 Å². The number of hydrogen-bond acceptors (Lipinski definition) is 4. The normalized spacial score (nSPS) is 11.3. The fourth-order valence-corrected chi connectivity index (χ4v) is 3.95. The first-order valence-electron chi connectivity index (χ1n) is 6.21. The molecule has 0 aliphatic rings. The van der Waals surface area contributed by atoms with Crippen LogP contribution in [-0.2, 0) is 0 Å². The molecule has 2 aromatic rings. The van der Waals surface area contributed by atoms with Gasteiger partial charge in [-0.1, -0.05) is 0 Å². The zero-order valence-corrected chi connectivity index (χ0v) is 15.5. The van der Waals surface area contributed by atoms with Crippen molar-refractivity contribution < 1.29 is 4.74 Å². The predicted molar refractivity (Wildman–Crippen MR) is 93.3 cm³/mol. The summed E-state index contributed by atoms with van der Waals surface area (Å²) in [5.41, 5.74) is 2.38. The van der Waals surface area contributed by atoms with Gasteiger partial charge in [0, 0.05) is 11.1 Å². The summed E-state index contributed by atoms with van der Waals surface area (Å²) in [5, 5.41) is 12.0. The van der Waals surface area contributed by atoms with Crippen molar-refractivity contribution in [3.63, 3.8) is 0 Å². The molecular formula is C15H12Br2N2OS. The number of nitriles is 1. The fourth-order valence-electron chi connectivity index (χ4n) is 1.73. The Hall–Kier alpha value is -1.16. The molecule has 0 saturated heterocycles. The van der Waals surface area contributed by atoms with Crippen molar-refractivity contribution in [2.24, 2.45) is 0 Å². The number of thiazole rings is 1. The summed E-state index contributed by atoms with van der Waals surface area (Å²) in [6, 6.07) is 6.05. The first-order chi connectivity index (χ1) is 10.0. The van der Waals surface area contributed by atoms with Gasteiger partial charge in [0.15, 0.2) is 0 Å². The maximum Gasteiger partial charge on any atom is 0.147 e. The Balaban J connectivity index is 2.42. The van der Waals surface area contributed by atoms with E-state index < -0.39 is 0 Å². The summed E-state index contributed by atoms with van der Waals surface area (Å²) in [6.07, 6.45) is 1.82. The summed E-state index contributed by atoms with van der Waals surface area (Å²) in [4.78, 5) is 4.35. The van der Waals surface area contributed by atoms with E-state index in [0.29, 0.717) is 12.2 Å². The number of ether oxygens (including phenoxy) is 1. The fraction of sp³-hybridized carbons (Fsp3) is 0.200. The van der Waals surface area contributed by atoms with E-state index >= 15 is 0 Å². The number of aryl methyl sites for hydroxylation is 1. The van der Waals surface area contributed by atoms with Gasteiger partial charge in [0.25, 0.3) is 0 Å². The zero-order valence-electron chi connectivity index (χ0n) is 11.5. The van der Waals surface area contributed by atoms with E-state index in [2.05, 4.69) is 42.9 Å². The van der Waals surface area contributed by atoms with Crippen molar-refractivity contribution >= 4 is 54.8 Å². The van der Waals surface area contributed by atoms with Gasteiger partial charge >= 0.3 is 0 Å². The van der Waals surface area contributed by atoms with Crippen LogP contribution in [0.1, 0.15) is 23.2 Å². The Morgan fingerprint density at radius 1 is 1.43 bits per heavy atom. The third kappa shape index (κ3) is 3.94. The van der Waals surface area contributed by atoms with Gasteiger partial charge < -0.3 is 4.74 Å². The quantitative estimate of drug-likeness (QED) is 0.610. The lowest BCUT2D eigenvalue weighted by atomic mass is 10.1. The number of nitrogens with zero attached hydrogens (tertiary/aromatic N) is 2. The standard InChI is InChI=1S/C15H12Br2N2OS/c1-3-20-14-12(16)5-10(6-13(14)17)4-11(7-18)15-19-9(2)8-21-15/h4-6,8H,3H2,1-2H3/b11-4-. The maximum absolute atomic E-state index is 9.33. The summed E-state index contributed by atoms with van der Waals surface area (Å²) in [6.45, 7) is 4.44. The average Bonchev–Trinajstić information content (AvgIpc) is 2.86. The topological polar surface area (TPSA) is 45.9 Å². The van der Waals surface area contributed by atoms with E-state index in [1.807, 2.05) is 37.4 Å². The lowest BCUT2D eigenvalue weighted by Crippen LogP contribution is -1.94. The second-order valence-electron chi connectivity index (χ2n) is 4.21. The molecular weight excluding hydrogens is 416 g/mol. The highest BCUT2D eigenvalue weighted by Gasteiger charge is 2.10. The largest absolute Gasteiger partial charge is 0.492 e. The molecule has 21 heavy (non-hydrogen) atoms. The maximum atomic E-state index is 9.33. The van der Waals surface area contributed by atoms with Crippen LogP contribution in [0.4, 0.5) is 0 Å². The number of rotatable bonds is 4. The lowest BCUT2D eigenvalue weighted by molar-refractivity contribution is 0.336. The van der Waals surface area contributed by atoms with Gasteiger partial charge in [0.05, 0.1) is 21.1 Å². The summed E-state index contributed by atoms with van der Waals surface area (Å²) in [7, 11) is 0. The minimum absolute atomic E-state index is 0.552. The Morgan fingerprint density at radius 2 is 2.10 bits per heavy atom. The van der Waals surface area contributed by atoms with Crippen molar-refractivity contribution in [3.8, 4) is 11.8 Å². The molecule has 0 fully saturated rings. The van der Waals surface area contributed by atoms with Gasteiger partial charge in [-0.25, -0.2) is 4.98 Å². The van der Waals surface area contributed by atoms with Gasteiger partial charge in [-0.3, -0.25) is 0 Å². The molecule has 0 bridgehead atoms. The number of halogens is 2. The van der Waals surface area contributed by atoms with Crippen molar-refractivity contribution in [3.05, 3.63) is 42.7 Å². The molecule has 1 aromatic carbocycles. The third-order valence-electron chi connectivity index (χ3n) is 2.59. The molecule has 1 heterocycles. The van der Waals surface area contributed by atoms with Crippen molar-refractivity contribution in [2.75, 3.05) is 6.61 Å². The molecule has 0 spiro atoms. The highest BCUT2D eigenvalue weighted by Crippen LogP contribution is 2.36. The Bertz CT molecular complexity index is 709. The second kappa shape index (κ2) is 7.21. The van der Waals surface area contributed by atoms with Crippen LogP contribution in [0.5, 0.6) is 5.75 Å². The minimum atomic E-state index is 0.552. The van der Waals surface area contributed by atoms with Crippen LogP contribution in [0, 0.1) is 18.3 Å². The molecule has 2 rings (SSSR count). The first kappa shape index (κ1) is 16.2. The lowest BCUT2D eigenvalue weighted by Gasteiger charge is -2.09. The van der Waals surface area contributed by atoms with Crippen LogP contribution < -0.4 is 4.74 Å². The number of allylic oxidation sites excluding steroid dienone is 1. The SMILES string of the molecule is CCOc1c(Br)cc(/C=C(/C#N)c2nc(C)cs2)cc1Br. The Kier molecular flexibility index (Phi) is 5.57. The van der Waals surface area contributed by atoms with E-state index in [9.17, 15) is 5.26 Å². The van der Waals surface area contributed by atoms with Crippen molar-refractivity contribution in [1.82, 2.24) is 4.98 Å². The highest BCUT2D eigenvalue weighted by molar-refractivity contribution is 9.11. The molecule has 0 amide bonds. The van der Waals surface area contributed by atoms with Gasteiger partial charge in [0.2, 0.25) is 0 Å². The van der Waals surface area contributed by atoms with Gasteiger partial charge in [-0.15, -0.1) is 11.3 Å². The molecule has 0 N–H and O–H groups in total. The summed E-state index contributed by atoms with van der Waals surface area (Å²) >= 11 is 8.45. The van der Waals surface area contributed by atoms with Gasteiger partial charge in [-0.2, -0.15) is 5.26 Å². The van der Waals surface area contributed by atoms with Crippen LogP contribution in [0.2, 0.25) is 0 Å². The number of benzene rings is 1. The van der Waals surface area contributed by atoms with Gasteiger partial charge in [-0.05, 0) is 69.5 Å². The van der Waals surface area contributed by atoms with Crippen molar-refractivity contribution in [2.45, 2.75) is 13.8 Å². The van der Waals surface area contributed by atoms with Crippen LogP contribution in [0.25, 0.3) is 11.6 Å². The number of aromatic nitrogens is 1. The van der Waals surface area contributed by atoms with Crippen LogP contribution in [0.15, 0.2) is 26.5 Å². The van der Waals surface area contributed by atoms with Crippen LogP contribution >= 0.6 is 43.2 Å². The zero-order chi connectivity index (χ0) is 15.4. The molecule has 3 nitrogen and oxygen atoms in total. The average molecular weight is 428 g/mol. The predicted octanol–water partition coefficient (Wildman–Crippen LogP) is 5.44. The Morgan fingerprint density at radius 3 is 2.57 bits per heavy atom. The molecule has 6 heteroatoms. The van der Waals surface area contributed by atoms with E-state index in [0.717, 1.165) is 31.0 Å². The summed E-state index contributed by atoms with van der Waals surface area (Å²) < 4.78 is 7.24. The van der Waals surface area contributed by atoms with E-state index in [-0.39, 0.29) is 0 Å². The molecule has 0 radical (unpaired) electrons.